The quantitative estimate of drug-likeness (QED) is 0.759. The highest BCUT2D eigenvalue weighted by Gasteiger charge is 2.09. The Hall–Kier alpha value is -0.860. The third kappa shape index (κ3) is 2.56. The third-order valence-corrected chi connectivity index (χ3v) is 2.73. The zero-order valence-corrected chi connectivity index (χ0v) is 8.96. The van der Waals surface area contributed by atoms with Crippen molar-refractivity contribution < 1.29 is 5.11 Å². The lowest BCUT2D eigenvalue weighted by Gasteiger charge is -2.15. The van der Waals surface area contributed by atoms with Crippen molar-refractivity contribution in [1.29, 1.82) is 0 Å². The van der Waals surface area contributed by atoms with Crippen LogP contribution in [0.5, 0.6) is 0 Å². The number of aliphatic hydroxyl groups is 1. The summed E-state index contributed by atoms with van der Waals surface area (Å²) in [5, 5.41) is 9.09. The summed E-state index contributed by atoms with van der Waals surface area (Å²) in [4.78, 5) is 0. The molecular formula is C12H19NO. The van der Waals surface area contributed by atoms with E-state index in [1.165, 1.54) is 16.7 Å². The predicted molar refractivity (Wildman–Crippen MR) is 59.3 cm³/mol. The van der Waals surface area contributed by atoms with Gasteiger partial charge in [-0.2, -0.15) is 0 Å². The second kappa shape index (κ2) is 5.13. The van der Waals surface area contributed by atoms with Gasteiger partial charge in [-0.05, 0) is 49.4 Å². The molecular weight excluding hydrogens is 174 g/mol. The van der Waals surface area contributed by atoms with Crippen molar-refractivity contribution in [1.82, 2.24) is 0 Å². The molecule has 1 atom stereocenters. The first kappa shape index (κ1) is 11.2. The summed E-state index contributed by atoms with van der Waals surface area (Å²) in [5.74, 6) is 0.190. The molecule has 0 aliphatic rings. The van der Waals surface area contributed by atoms with Crippen molar-refractivity contribution in [2.75, 3.05) is 13.2 Å². The van der Waals surface area contributed by atoms with Gasteiger partial charge in [0.1, 0.15) is 0 Å². The molecule has 0 saturated carbocycles. The van der Waals surface area contributed by atoms with Crippen LogP contribution in [0.15, 0.2) is 18.2 Å². The van der Waals surface area contributed by atoms with E-state index in [0.29, 0.717) is 6.54 Å². The maximum Gasteiger partial charge on any atom is 0.0474 e. The van der Waals surface area contributed by atoms with Gasteiger partial charge in [-0.1, -0.05) is 18.2 Å². The number of aliphatic hydroxyl groups excluding tert-OH is 1. The van der Waals surface area contributed by atoms with E-state index < -0.39 is 0 Å². The fourth-order valence-electron chi connectivity index (χ4n) is 1.68. The van der Waals surface area contributed by atoms with Gasteiger partial charge in [0.2, 0.25) is 0 Å². The molecule has 78 valence electrons. The minimum absolute atomic E-state index is 0.171. The Morgan fingerprint density at radius 1 is 1.29 bits per heavy atom. The van der Waals surface area contributed by atoms with Crippen LogP contribution >= 0.6 is 0 Å². The van der Waals surface area contributed by atoms with Crippen LogP contribution in [0.4, 0.5) is 0 Å². The van der Waals surface area contributed by atoms with Crippen LogP contribution in [-0.4, -0.2) is 18.3 Å². The Labute approximate surface area is 85.8 Å². The summed E-state index contributed by atoms with van der Waals surface area (Å²) in [5.41, 5.74) is 9.48. The third-order valence-electron chi connectivity index (χ3n) is 2.73. The lowest BCUT2D eigenvalue weighted by Crippen LogP contribution is -2.21. The zero-order valence-electron chi connectivity index (χ0n) is 8.96. The van der Waals surface area contributed by atoms with Crippen LogP contribution in [0.1, 0.15) is 16.7 Å². The lowest BCUT2D eigenvalue weighted by molar-refractivity contribution is 0.229. The summed E-state index contributed by atoms with van der Waals surface area (Å²) in [7, 11) is 0. The van der Waals surface area contributed by atoms with Crippen molar-refractivity contribution in [3.05, 3.63) is 34.9 Å². The minimum atomic E-state index is 0.171. The van der Waals surface area contributed by atoms with Gasteiger partial charge in [0.15, 0.2) is 0 Å². The van der Waals surface area contributed by atoms with Crippen LogP contribution in [0.25, 0.3) is 0 Å². The maximum absolute atomic E-state index is 9.09. The Morgan fingerprint density at radius 3 is 2.29 bits per heavy atom. The molecule has 0 amide bonds. The van der Waals surface area contributed by atoms with Gasteiger partial charge < -0.3 is 10.8 Å². The molecule has 0 spiro atoms. The molecule has 0 aromatic heterocycles. The highest BCUT2D eigenvalue weighted by atomic mass is 16.3. The van der Waals surface area contributed by atoms with E-state index in [1.807, 2.05) is 0 Å². The van der Waals surface area contributed by atoms with Gasteiger partial charge in [-0.15, -0.1) is 0 Å². The average molecular weight is 193 g/mol. The molecule has 2 heteroatoms. The van der Waals surface area contributed by atoms with Crippen molar-refractivity contribution in [2.24, 2.45) is 11.7 Å². The second-order valence-electron chi connectivity index (χ2n) is 3.86. The first-order chi connectivity index (χ1) is 6.69. The number of nitrogens with two attached hydrogens (primary N) is 1. The SMILES string of the molecule is Cc1cccc(C)c1CC(CN)CO. The van der Waals surface area contributed by atoms with E-state index in [4.69, 9.17) is 10.8 Å². The van der Waals surface area contributed by atoms with E-state index in [-0.39, 0.29) is 12.5 Å². The van der Waals surface area contributed by atoms with Crippen LogP contribution in [0, 0.1) is 19.8 Å². The average Bonchev–Trinajstić information content (AvgIpc) is 2.18. The highest BCUT2D eigenvalue weighted by molar-refractivity contribution is 5.33. The molecule has 1 aromatic rings. The number of rotatable bonds is 4. The fraction of sp³-hybridized carbons (Fsp3) is 0.500. The first-order valence-corrected chi connectivity index (χ1v) is 5.05. The summed E-state index contributed by atoms with van der Waals surface area (Å²) >= 11 is 0. The van der Waals surface area contributed by atoms with Crippen molar-refractivity contribution >= 4 is 0 Å². The molecule has 0 aliphatic heterocycles. The number of hydrogen-bond acceptors (Lipinski definition) is 2. The van der Waals surface area contributed by atoms with Gasteiger partial charge in [-0.3, -0.25) is 0 Å². The van der Waals surface area contributed by atoms with Crippen LogP contribution < -0.4 is 5.73 Å². The van der Waals surface area contributed by atoms with E-state index in [0.717, 1.165) is 6.42 Å². The summed E-state index contributed by atoms with van der Waals surface area (Å²) in [6.45, 7) is 4.93. The number of hydrogen-bond donors (Lipinski definition) is 2. The maximum atomic E-state index is 9.09. The molecule has 0 aliphatic carbocycles. The smallest absolute Gasteiger partial charge is 0.0474 e. The van der Waals surface area contributed by atoms with Crippen molar-refractivity contribution in [3.63, 3.8) is 0 Å². The Morgan fingerprint density at radius 2 is 1.86 bits per heavy atom. The van der Waals surface area contributed by atoms with E-state index in [1.54, 1.807) is 0 Å². The van der Waals surface area contributed by atoms with Crippen LogP contribution in [0.3, 0.4) is 0 Å². The van der Waals surface area contributed by atoms with E-state index in [9.17, 15) is 0 Å². The molecule has 1 unspecified atom stereocenters. The molecule has 2 nitrogen and oxygen atoms in total. The van der Waals surface area contributed by atoms with Gasteiger partial charge in [0.25, 0.3) is 0 Å². The lowest BCUT2D eigenvalue weighted by atomic mass is 9.93. The second-order valence-corrected chi connectivity index (χ2v) is 3.86. The number of benzene rings is 1. The van der Waals surface area contributed by atoms with Gasteiger partial charge >= 0.3 is 0 Å². The molecule has 0 bridgehead atoms. The largest absolute Gasteiger partial charge is 0.396 e. The zero-order chi connectivity index (χ0) is 10.6. The standard InChI is InChI=1S/C12H19NO/c1-9-4-3-5-10(2)12(9)6-11(7-13)8-14/h3-5,11,14H,6-8,13H2,1-2H3. The van der Waals surface area contributed by atoms with Crippen LogP contribution in [0.2, 0.25) is 0 Å². The van der Waals surface area contributed by atoms with Gasteiger partial charge in [0.05, 0.1) is 0 Å². The summed E-state index contributed by atoms with van der Waals surface area (Å²) in [6.07, 6.45) is 0.880. The van der Waals surface area contributed by atoms with Crippen molar-refractivity contribution in [2.45, 2.75) is 20.3 Å². The van der Waals surface area contributed by atoms with Gasteiger partial charge in [-0.25, -0.2) is 0 Å². The first-order valence-electron chi connectivity index (χ1n) is 5.05. The van der Waals surface area contributed by atoms with Crippen molar-refractivity contribution in [3.8, 4) is 0 Å². The normalized spacial score (nSPS) is 12.9. The topological polar surface area (TPSA) is 46.2 Å². The molecule has 0 fully saturated rings. The summed E-state index contributed by atoms with van der Waals surface area (Å²) < 4.78 is 0. The van der Waals surface area contributed by atoms with Gasteiger partial charge in [0, 0.05) is 6.61 Å². The Kier molecular flexibility index (Phi) is 4.11. The van der Waals surface area contributed by atoms with E-state index in [2.05, 4.69) is 32.0 Å². The minimum Gasteiger partial charge on any atom is -0.396 e. The summed E-state index contributed by atoms with van der Waals surface area (Å²) in [6, 6.07) is 6.27. The molecule has 3 N–H and O–H groups in total. The molecule has 14 heavy (non-hydrogen) atoms. The predicted octanol–water partition coefficient (Wildman–Crippen LogP) is 1.41. The van der Waals surface area contributed by atoms with Crippen LogP contribution in [-0.2, 0) is 6.42 Å². The monoisotopic (exact) mass is 193 g/mol. The Balaban J connectivity index is 2.84. The highest BCUT2D eigenvalue weighted by Crippen LogP contribution is 2.17. The molecule has 0 saturated heterocycles. The number of aryl methyl sites for hydroxylation is 2. The van der Waals surface area contributed by atoms with E-state index >= 15 is 0 Å². The molecule has 1 rings (SSSR count). The molecule has 0 heterocycles. The Bertz CT molecular complexity index is 272. The molecule has 0 radical (unpaired) electrons. The molecule has 1 aromatic carbocycles. The fourth-order valence-corrected chi connectivity index (χ4v) is 1.68.